The van der Waals surface area contributed by atoms with Crippen LogP contribution in [0.25, 0.3) is 0 Å². The van der Waals surface area contributed by atoms with Crippen molar-refractivity contribution < 1.29 is 23.9 Å². The summed E-state index contributed by atoms with van der Waals surface area (Å²) in [5.41, 5.74) is 9.77. The second-order valence-corrected chi connectivity index (χ2v) is 7.48. The van der Waals surface area contributed by atoms with E-state index in [9.17, 15) is 5.02 Å². The van der Waals surface area contributed by atoms with Gasteiger partial charge >= 0.3 is 18.9 Å². The zero-order chi connectivity index (χ0) is 20.1. The predicted molar refractivity (Wildman–Crippen MR) is 115 cm³/mol. The van der Waals surface area contributed by atoms with Crippen LogP contribution in [0.5, 0.6) is 0 Å². The number of hydrogen-bond acceptors (Lipinski definition) is 2. The van der Waals surface area contributed by atoms with Crippen molar-refractivity contribution in [3.8, 4) is 0 Å². The fraction of sp³-hybridized carbons (Fsp3) is 0.292. The minimum atomic E-state index is -0.795. The average molecular weight is 365 g/mol. The molecule has 140 valence electrons. The zero-order valence-electron chi connectivity index (χ0n) is 18.6. The summed E-state index contributed by atoms with van der Waals surface area (Å²) in [6.45, 7) is 13.5. The van der Waals surface area contributed by atoms with E-state index in [2.05, 4.69) is 43.1 Å². The maximum atomic E-state index is 13.0. The van der Waals surface area contributed by atoms with Crippen molar-refractivity contribution in [2.24, 2.45) is 0 Å². The van der Waals surface area contributed by atoms with Crippen LogP contribution in [0, 0.1) is 48.5 Å². The maximum absolute atomic E-state index is 13.0. The van der Waals surface area contributed by atoms with Crippen LogP contribution in [-0.4, -0.2) is 11.9 Å². The molecule has 0 amide bonds. The van der Waals surface area contributed by atoms with Gasteiger partial charge in [0.2, 0.25) is 0 Å². The van der Waals surface area contributed by atoms with Gasteiger partial charge in [0.05, 0.1) is 6.92 Å². The number of nitrogens with zero attached hydrogens (tertiary/aromatic N) is 1. The maximum Gasteiger partial charge on any atom is 1.00 e. The van der Waals surface area contributed by atoms with Crippen molar-refractivity contribution in [3.05, 3.63) is 87.7 Å². The molecule has 0 atom stereocenters. The molecule has 0 fully saturated rings. The Bertz CT molecular complexity index is 822. The third-order valence-corrected chi connectivity index (χ3v) is 4.81. The SMILES string of the molecule is Cc1cc(C)c(B([O-])c2c(C)cc(C)cc2C)c(C)c1.Cc1ccccn1.[Li+]. The molecule has 2 nitrogen and oxygen atoms in total. The molecule has 0 aliphatic heterocycles. The molecular weight excluding hydrogens is 336 g/mol. The van der Waals surface area contributed by atoms with Crippen LogP contribution >= 0.6 is 0 Å². The minimum absolute atomic E-state index is 0. The molecule has 28 heavy (non-hydrogen) atoms. The Morgan fingerprint density at radius 2 is 1.07 bits per heavy atom. The monoisotopic (exact) mass is 365 g/mol. The summed E-state index contributed by atoms with van der Waals surface area (Å²) in [5, 5.41) is 13.0. The summed E-state index contributed by atoms with van der Waals surface area (Å²) >= 11 is 0. The molecule has 0 unspecified atom stereocenters. The number of benzene rings is 2. The van der Waals surface area contributed by atoms with E-state index in [-0.39, 0.29) is 18.9 Å². The van der Waals surface area contributed by atoms with Crippen LogP contribution in [0.1, 0.15) is 39.1 Å². The van der Waals surface area contributed by atoms with Gasteiger partial charge in [-0.25, -0.2) is 0 Å². The summed E-state index contributed by atoms with van der Waals surface area (Å²) < 4.78 is 0. The standard InChI is InChI=1S/C18H22BO.C6H7N.Li/c1-11-7-13(3)17(14(4)8-11)19(20)18-15(5)9-12(2)10-16(18)6;1-6-4-2-3-5-7-6;/h7-10H,1-6H3;2-5H,1H3;/q-1;;+1. The van der Waals surface area contributed by atoms with Gasteiger partial charge in [-0.15, -0.1) is 0 Å². The quantitative estimate of drug-likeness (QED) is 0.617. The normalized spacial score (nSPS) is 9.86. The molecule has 0 N–H and O–H groups in total. The van der Waals surface area contributed by atoms with Crippen LogP contribution in [0.15, 0.2) is 48.7 Å². The second-order valence-electron chi connectivity index (χ2n) is 7.48. The van der Waals surface area contributed by atoms with Gasteiger partial charge in [-0.1, -0.05) is 74.6 Å². The zero-order valence-corrected chi connectivity index (χ0v) is 18.6. The Kier molecular flexibility index (Phi) is 9.24. The Balaban J connectivity index is 0.000000414. The summed E-state index contributed by atoms with van der Waals surface area (Å²) in [5.74, 6) is 0. The Morgan fingerprint density at radius 3 is 1.32 bits per heavy atom. The van der Waals surface area contributed by atoms with Crippen molar-refractivity contribution in [3.63, 3.8) is 0 Å². The summed E-state index contributed by atoms with van der Waals surface area (Å²) in [7, 11) is 0. The number of aryl methyl sites for hydroxylation is 7. The van der Waals surface area contributed by atoms with Crippen molar-refractivity contribution in [1.29, 1.82) is 0 Å². The van der Waals surface area contributed by atoms with Crippen LogP contribution in [-0.2, 0) is 0 Å². The molecule has 4 heteroatoms. The van der Waals surface area contributed by atoms with Crippen molar-refractivity contribution >= 4 is 17.8 Å². The third kappa shape index (κ3) is 6.11. The van der Waals surface area contributed by atoms with Gasteiger partial charge in [-0.3, -0.25) is 4.98 Å². The number of hydrogen-bond donors (Lipinski definition) is 0. The van der Waals surface area contributed by atoms with Gasteiger partial charge in [-0.05, 0) is 60.6 Å². The molecule has 0 bridgehead atoms. The average Bonchev–Trinajstić information content (AvgIpc) is 2.54. The van der Waals surface area contributed by atoms with Crippen molar-refractivity contribution in [2.45, 2.75) is 48.5 Å². The molecule has 0 saturated carbocycles. The molecular formula is C24H29BLiNO. The molecule has 0 spiro atoms. The van der Waals surface area contributed by atoms with Crippen LogP contribution < -0.4 is 34.8 Å². The molecule has 2 aromatic carbocycles. The van der Waals surface area contributed by atoms with Crippen LogP contribution in [0.3, 0.4) is 0 Å². The van der Waals surface area contributed by atoms with Gasteiger partial charge in [0.1, 0.15) is 0 Å². The first-order valence-electron chi connectivity index (χ1n) is 9.39. The van der Waals surface area contributed by atoms with E-state index in [0.29, 0.717) is 0 Å². The first-order valence-corrected chi connectivity index (χ1v) is 9.39. The van der Waals surface area contributed by atoms with E-state index in [4.69, 9.17) is 0 Å². The van der Waals surface area contributed by atoms with E-state index >= 15 is 0 Å². The van der Waals surface area contributed by atoms with Gasteiger partial charge in [0, 0.05) is 11.9 Å². The molecule has 3 aromatic rings. The summed E-state index contributed by atoms with van der Waals surface area (Å²) in [6.07, 6.45) is 1.79. The molecule has 3 rings (SSSR count). The predicted octanol–water partition coefficient (Wildman–Crippen LogP) is 0.397. The van der Waals surface area contributed by atoms with Crippen molar-refractivity contribution in [1.82, 2.24) is 4.98 Å². The number of aromatic nitrogens is 1. The van der Waals surface area contributed by atoms with Crippen LogP contribution in [0.2, 0.25) is 0 Å². The Morgan fingerprint density at radius 1 is 0.679 bits per heavy atom. The van der Waals surface area contributed by atoms with E-state index in [0.717, 1.165) is 38.9 Å². The summed E-state index contributed by atoms with van der Waals surface area (Å²) in [6, 6.07) is 14.3. The van der Waals surface area contributed by atoms with Gasteiger partial charge in [0.15, 0.2) is 0 Å². The van der Waals surface area contributed by atoms with Crippen molar-refractivity contribution in [2.75, 3.05) is 0 Å². The minimum Gasteiger partial charge on any atom is -0.872 e. The van der Waals surface area contributed by atoms with E-state index < -0.39 is 6.92 Å². The topological polar surface area (TPSA) is 36.0 Å². The van der Waals surface area contributed by atoms with E-state index in [1.54, 1.807) is 6.20 Å². The summed E-state index contributed by atoms with van der Waals surface area (Å²) in [4.78, 5) is 3.98. The van der Waals surface area contributed by atoms with Crippen LogP contribution in [0.4, 0.5) is 0 Å². The first kappa shape index (κ1) is 24.3. The van der Waals surface area contributed by atoms with Gasteiger partial charge in [-0.2, -0.15) is 0 Å². The Hall–Kier alpha value is -1.79. The van der Waals surface area contributed by atoms with E-state index in [1.807, 2.05) is 52.8 Å². The second kappa shape index (κ2) is 10.7. The van der Waals surface area contributed by atoms with Gasteiger partial charge in [0.25, 0.3) is 0 Å². The molecule has 1 heterocycles. The smallest absolute Gasteiger partial charge is 0.872 e. The van der Waals surface area contributed by atoms with E-state index in [1.165, 1.54) is 11.1 Å². The number of pyridine rings is 1. The first-order chi connectivity index (χ1) is 12.7. The fourth-order valence-electron chi connectivity index (χ4n) is 3.80. The molecule has 0 aliphatic carbocycles. The largest absolute Gasteiger partial charge is 1.00 e. The third-order valence-electron chi connectivity index (χ3n) is 4.81. The Labute approximate surface area is 182 Å². The molecule has 0 saturated heterocycles. The molecule has 1 aromatic heterocycles. The van der Waals surface area contributed by atoms with Gasteiger partial charge < -0.3 is 5.02 Å². The number of rotatable bonds is 2. The fourth-order valence-corrected chi connectivity index (χ4v) is 3.80. The molecule has 0 radical (unpaired) electrons. The molecule has 0 aliphatic rings.